The van der Waals surface area contributed by atoms with Crippen molar-refractivity contribution in [1.82, 2.24) is 0 Å². The molecule has 0 radical (unpaired) electrons. The number of carbonyl (C=O) groups excluding carboxylic acids is 1. The van der Waals surface area contributed by atoms with Crippen LogP contribution in [0.4, 0.5) is 0 Å². The van der Waals surface area contributed by atoms with E-state index in [1.54, 1.807) is 0 Å². The molecule has 1 aromatic carbocycles. The van der Waals surface area contributed by atoms with Gasteiger partial charge in [0.05, 0.1) is 12.0 Å². The molecular weight excluding hydrogens is 416 g/mol. The first kappa shape index (κ1) is 26.2. The summed E-state index contributed by atoms with van der Waals surface area (Å²) in [6.45, 7) is 23.3. The van der Waals surface area contributed by atoms with Gasteiger partial charge in [0.15, 0.2) is 12.2 Å². The summed E-state index contributed by atoms with van der Waals surface area (Å²) in [5, 5.41) is 0.141. The average Bonchev–Trinajstić information content (AvgIpc) is 2.68. The van der Waals surface area contributed by atoms with E-state index in [1.807, 2.05) is 58.0 Å². The predicted octanol–water partition coefficient (Wildman–Crippen LogP) is 6.13. The van der Waals surface area contributed by atoms with Crippen LogP contribution in [0, 0.1) is 22.8 Å². The maximum Gasteiger partial charge on any atom is 0.311 e. The van der Waals surface area contributed by atoms with E-state index in [0.717, 1.165) is 5.56 Å². The van der Waals surface area contributed by atoms with Gasteiger partial charge in [-0.2, -0.15) is 0 Å². The SMILES string of the molecule is C=C1O[C@H](C#C[Si](C)(C)C(C)(C)C)[C@H](OCc2ccccc2)[C@H](C)[C@H]1OC(=O)C(C)(C)C. The number of benzene rings is 1. The van der Waals surface area contributed by atoms with Crippen molar-refractivity contribution in [3.05, 3.63) is 48.2 Å². The van der Waals surface area contributed by atoms with Crippen LogP contribution in [0.15, 0.2) is 42.7 Å². The Labute approximate surface area is 195 Å². The summed E-state index contributed by atoms with van der Waals surface area (Å²) in [7, 11) is -1.83. The smallest absolute Gasteiger partial charge is 0.311 e. The number of rotatable bonds is 4. The monoisotopic (exact) mass is 456 g/mol. The van der Waals surface area contributed by atoms with Crippen molar-refractivity contribution in [2.24, 2.45) is 11.3 Å². The molecular formula is C27H40O4Si. The Kier molecular flexibility index (Phi) is 8.07. The van der Waals surface area contributed by atoms with E-state index in [1.165, 1.54) is 0 Å². The van der Waals surface area contributed by atoms with E-state index in [9.17, 15) is 4.79 Å². The van der Waals surface area contributed by atoms with Gasteiger partial charge in [0.1, 0.15) is 19.9 Å². The Morgan fingerprint density at radius 1 is 1.12 bits per heavy atom. The Balaban J connectivity index is 2.32. The third-order valence-electron chi connectivity index (χ3n) is 6.42. The molecule has 1 heterocycles. The maximum absolute atomic E-state index is 12.6. The van der Waals surface area contributed by atoms with E-state index >= 15 is 0 Å². The molecule has 4 atom stereocenters. The minimum absolute atomic E-state index is 0.141. The molecule has 4 nitrogen and oxygen atoms in total. The topological polar surface area (TPSA) is 44.8 Å². The quantitative estimate of drug-likeness (QED) is 0.311. The van der Waals surface area contributed by atoms with Crippen LogP contribution in [0.5, 0.6) is 0 Å². The third-order valence-corrected chi connectivity index (χ3v) is 10.9. The molecule has 0 unspecified atom stereocenters. The van der Waals surface area contributed by atoms with Crippen LogP contribution in [0.25, 0.3) is 0 Å². The highest BCUT2D eigenvalue weighted by atomic mass is 28.3. The van der Waals surface area contributed by atoms with Crippen LogP contribution >= 0.6 is 0 Å². The zero-order chi connectivity index (χ0) is 24.3. The number of carbonyl (C=O) groups is 1. The summed E-state index contributed by atoms with van der Waals surface area (Å²) in [6.07, 6.45) is -1.39. The van der Waals surface area contributed by atoms with Crippen molar-refractivity contribution < 1.29 is 19.0 Å². The predicted molar refractivity (Wildman–Crippen MR) is 133 cm³/mol. The minimum atomic E-state index is -1.83. The van der Waals surface area contributed by atoms with Gasteiger partial charge >= 0.3 is 5.97 Å². The van der Waals surface area contributed by atoms with Crippen molar-refractivity contribution in [3.8, 4) is 11.5 Å². The maximum atomic E-state index is 12.6. The van der Waals surface area contributed by atoms with Gasteiger partial charge in [0, 0.05) is 5.92 Å². The molecule has 0 spiro atoms. The molecule has 0 aliphatic carbocycles. The normalized spacial score (nSPS) is 24.2. The fourth-order valence-corrected chi connectivity index (χ4v) is 3.94. The highest BCUT2D eigenvalue weighted by Crippen LogP contribution is 2.37. The molecule has 1 aliphatic rings. The van der Waals surface area contributed by atoms with Gasteiger partial charge < -0.3 is 14.2 Å². The highest BCUT2D eigenvalue weighted by Gasteiger charge is 2.44. The van der Waals surface area contributed by atoms with Gasteiger partial charge in [-0.15, -0.1) is 5.54 Å². The summed E-state index contributed by atoms with van der Waals surface area (Å²) in [5.41, 5.74) is 4.01. The lowest BCUT2D eigenvalue weighted by Crippen LogP contribution is -2.50. The number of hydrogen-bond donors (Lipinski definition) is 0. The average molecular weight is 457 g/mol. The Morgan fingerprint density at radius 3 is 2.25 bits per heavy atom. The van der Waals surface area contributed by atoms with Gasteiger partial charge in [-0.25, -0.2) is 0 Å². The first-order chi connectivity index (χ1) is 14.6. The first-order valence-corrected chi connectivity index (χ1v) is 14.4. The van der Waals surface area contributed by atoms with Gasteiger partial charge in [-0.1, -0.05) is 83.6 Å². The second-order valence-electron chi connectivity index (χ2n) is 11.3. The molecule has 1 saturated heterocycles. The number of ether oxygens (including phenoxy) is 3. The third kappa shape index (κ3) is 6.49. The van der Waals surface area contributed by atoms with E-state index in [-0.39, 0.29) is 23.0 Å². The van der Waals surface area contributed by atoms with Gasteiger partial charge in [0.2, 0.25) is 0 Å². The molecule has 5 heteroatoms. The summed E-state index contributed by atoms with van der Waals surface area (Å²) < 4.78 is 18.3. The minimum Gasteiger partial charge on any atom is -0.476 e. The molecule has 1 aliphatic heterocycles. The zero-order valence-corrected chi connectivity index (χ0v) is 22.2. The molecule has 0 bridgehead atoms. The highest BCUT2D eigenvalue weighted by molar-refractivity contribution is 6.87. The number of esters is 1. The van der Waals surface area contributed by atoms with E-state index in [4.69, 9.17) is 14.2 Å². The van der Waals surface area contributed by atoms with E-state index in [2.05, 4.69) is 51.9 Å². The van der Waals surface area contributed by atoms with Crippen molar-refractivity contribution in [2.75, 3.05) is 0 Å². The summed E-state index contributed by atoms with van der Waals surface area (Å²) >= 11 is 0. The van der Waals surface area contributed by atoms with Crippen LogP contribution in [0.1, 0.15) is 54.0 Å². The molecule has 2 rings (SSSR count). The Hall–Kier alpha value is -2.03. The van der Waals surface area contributed by atoms with Gasteiger partial charge in [0.25, 0.3) is 0 Å². The summed E-state index contributed by atoms with van der Waals surface area (Å²) in [6, 6.07) is 10.0. The second-order valence-corrected chi connectivity index (χ2v) is 16.3. The lowest BCUT2D eigenvalue weighted by Gasteiger charge is -2.41. The molecule has 1 aromatic rings. The molecule has 0 aromatic heterocycles. The fraction of sp³-hybridized carbons (Fsp3) is 0.593. The Bertz CT molecular complexity index is 865. The molecule has 32 heavy (non-hydrogen) atoms. The lowest BCUT2D eigenvalue weighted by atomic mass is 9.89. The van der Waals surface area contributed by atoms with Crippen LogP contribution < -0.4 is 0 Å². The standard InChI is InChI=1S/C27H40O4Si/c1-19-23(31-25(28)26(3,4)5)20(2)30-22(16-17-32(9,10)27(6,7)8)24(19)29-18-21-14-12-11-13-15-21/h11-15,19,22-24H,2,18H2,1,3-10H3/t19-,22-,23-,24-/m1/s1. The van der Waals surface area contributed by atoms with Crippen molar-refractivity contribution >= 4 is 14.0 Å². The van der Waals surface area contributed by atoms with Crippen molar-refractivity contribution in [2.45, 2.75) is 91.5 Å². The van der Waals surface area contributed by atoms with Gasteiger partial charge in [-0.05, 0) is 31.4 Å². The first-order valence-electron chi connectivity index (χ1n) is 11.4. The van der Waals surface area contributed by atoms with Crippen LogP contribution in [0.2, 0.25) is 18.1 Å². The fourth-order valence-electron chi connectivity index (χ4n) is 3.06. The van der Waals surface area contributed by atoms with E-state index in [0.29, 0.717) is 12.4 Å². The van der Waals surface area contributed by atoms with Crippen LogP contribution in [0.3, 0.4) is 0 Å². The summed E-state index contributed by atoms with van der Waals surface area (Å²) in [4.78, 5) is 12.6. The van der Waals surface area contributed by atoms with Gasteiger partial charge in [-0.3, -0.25) is 4.79 Å². The van der Waals surface area contributed by atoms with Crippen molar-refractivity contribution in [1.29, 1.82) is 0 Å². The lowest BCUT2D eigenvalue weighted by molar-refractivity contribution is -0.178. The molecule has 176 valence electrons. The molecule has 0 amide bonds. The largest absolute Gasteiger partial charge is 0.476 e. The van der Waals surface area contributed by atoms with Crippen LogP contribution in [-0.2, 0) is 25.6 Å². The van der Waals surface area contributed by atoms with Crippen molar-refractivity contribution in [3.63, 3.8) is 0 Å². The Morgan fingerprint density at radius 2 is 1.72 bits per heavy atom. The molecule has 1 fully saturated rings. The number of hydrogen-bond acceptors (Lipinski definition) is 4. The van der Waals surface area contributed by atoms with Crippen LogP contribution in [-0.4, -0.2) is 32.4 Å². The molecule has 0 saturated carbocycles. The van der Waals surface area contributed by atoms with E-state index < -0.39 is 25.7 Å². The summed E-state index contributed by atoms with van der Waals surface area (Å²) in [5.74, 6) is 3.38. The molecule has 0 N–H and O–H groups in total. The second kappa shape index (κ2) is 9.85. The zero-order valence-electron chi connectivity index (χ0n) is 21.2.